The fourth-order valence-electron chi connectivity index (χ4n) is 3.72. The maximum Gasteiger partial charge on any atom is 0.125 e. The number of nitrogens with zero attached hydrogens (tertiary/aromatic N) is 2. The van der Waals surface area contributed by atoms with Crippen LogP contribution >= 0.6 is 0 Å². The van der Waals surface area contributed by atoms with E-state index in [4.69, 9.17) is 10.7 Å². The minimum absolute atomic E-state index is 0.180. The molecular formula is C17H22FN3. The maximum atomic E-state index is 13.6. The normalized spacial score (nSPS) is 27.0. The quantitative estimate of drug-likeness (QED) is 0.852. The van der Waals surface area contributed by atoms with Gasteiger partial charge < -0.3 is 10.3 Å². The molecule has 0 saturated heterocycles. The summed E-state index contributed by atoms with van der Waals surface area (Å²) in [5.74, 6) is 1.25. The molecule has 2 aliphatic carbocycles. The molecule has 2 N–H and O–H groups in total. The molecule has 2 fully saturated rings. The van der Waals surface area contributed by atoms with Crippen LogP contribution in [0.3, 0.4) is 0 Å². The molecule has 0 aliphatic heterocycles. The Balaban J connectivity index is 1.85. The van der Waals surface area contributed by atoms with Gasteiger partial charge in [-0.15, -0.1) is 0 Å². The Bertz CT molecular complexity index is 659. The van der Waals surface area contributed by atoms with E-state index in [2.05, 4.69) is 4.57 Å². The minimum atomic E-state index is -0.180. The lowest BCUT2D eigenvalue weighted by Crippen LogP contribution is -2.29. The zero-order valence-electron chi connectivity index (χ0n) is 12.3. The molecule has 2 aromatic rings. The Morgan fingerprint density at radius 3 is 2.71 bits per heavy atom. The van der Waals surface area contributed by atoms with E-state index in [0.717, 1.165) is 29.7 Å². The third kappa shape index (κ3) is 2.35. The van der Waals surface area contributed by atoms with Crippen molar-refractivity contribution in [3.63, 3.8) is 0 Å². The third-order valence-electron chi connectivity index (χ3n) is 4.99. The Labute approximate surface area is 124 Å². The number of fused-ring (bicyclic) bond motifs is 1. The molecule has 2 unspecified atom stereocenters. The number of nitrogens with two attached hydrogens (primary N) is 1. The molecule has 2 atom stereocenters. The van der Waals surface area contributed by atoms with Crippen LogP contribution in [0.25, 0.3) is 11.0 Å². The van der Waals surface area contributed by atoms with Crippen LogP contribution in [0.1, 0.15) is 62.7 Å². The predicted molar refractivity (Wildman–Crippen MR) is 81.8 cm³/mol. The molecule has 2 saturated carbocycles. The van der Waals surface area contributed by atoms with Gasteiger partial charge in [-0.2, -0.15) is 0 Å². The number of benzene rings is 1. The topological polar surface area (TPSA) is 43.8 Å². The van der Waals surface area contributed by atoms with Crippen LogP contribution in [0.2, 0.25) is 0 Å². The third-order valence-corrected chi connectivity index (χ3v) is 4.99. The summed E-state index contributed by atoms with van der Waals surface area (Å²) in [5, 5.41) is 0. The molecule has 112 valence electrons. The second kappa shape index (κ2) is 5.09. The van der Waals surface area contributed by atoms with Crippen LogP contribution in [-0.4, -0.2) is 15.6 Å². The largest absolute Gasteiger partial charge is 0.327 e. The molecule has 1 aromatic carbocycles. The number of aromatic nitrogens is 2. The highest BCUT2D eigenvalue weighted by atomic mass is 19.1. The lowest BCUT2D eigenvalue weighted by molar-refractivity contribution is 0.465. The molecule has 1 aromatic heterocycles. The van der Waals surface area contributed by atoms with E-state index in [-0.39, 0.29) is 11.9 Å². The van der Waals surface area contributed by atoms with E-state index in [9.17, 15) is 4.39 Å². The lowest BCUT2D eigenvalue weighted by atomic mass is 9.94. The molecule has 3 nitrogen and oxygen atoms in total. The van der Waals surface area contributed by atoms with Gasteiger partial charge >= 0.3 is 0 Å². The Morgan fingerprint density at radius 1 is 1.10 bits per heavy atom. The predicted octanol–water partition coefficient (Wildman–Crippen LogP) is 3.89. The van der Waals surface area contributed by atoms with E-state index in [1.165, 1.54) is 38.2 Å². The second-order valence-electron chi connectivity index (χ2n) is 6.61. The summed E-state index contributed by atoms with van der Waals surface area (Å²) in [6.45, 7) is 0. The first kappa shape index (κ1) is 13.3. The van der Waals surface area contributed by atoms with E-state index >= 15 is 0 Å². The van der Waals surface area contributed by atoms with Gasteiger partial charge in [-0.1, -0.05) is 19.3 Å². The van der Waals surface area contributed by atoms with Gasteiger partial charge in [-0.3, -0.25) is 0 Å². The molecule has 0 radical (unpaired) electrons. The van der Waals surface area contributed by atoms with Crippen molar-refractivity contribution in [3.05, 3.63) is 29.8 Å². The van der Waals surface area contributed by atoms with Crippen molar-refractivity contribution in [1.29, 1.82) is 0 Å². The molecule has 0 amide bonds. The number of hydrogen-bond acceptors (Lipinski definition) is 2. The maximum absolute atomic E-state index is 13.6. The van der Waals surface area contributed by atoms with Crippen LogP contribution in [-0.2, 0) is 0 Å². The van der Waals surface area contributed by atoms with Crippen molar-refractivity contribution in [1.82, 2.24) is 9.55 Å². The van der Waals surface area contributed by atoms with Crippen molar-refractivity contribution in [3.8, 4) is 0 Å². The Hall–Kier alpha value is -1.42. The lowest BCUT2D eigenvalue weighted by Gasteiger charge is -2.22. The fraction of sp³-hybridized carbons (Fsp3) is 0.588. The zero-order valence-corrected chi connectivity index (χ0v) is 12.3. The summed E-state index contributed by atoms with van der Waals surface area (Å²) < 4.78 is 15.9. The molecular weight excluding hydrogens is 265 g/mol. The minimum Gasteiger partial charge on any atom is -0.327 e. The van der Waals surface area contributed by atoms with Crippen molar-refractivity contribution < 1.29 is 4.39 Å². The van der Waals surface area contributed by atoms with E-state index in [0.29, 0.717) is 12.0 Å². The highest BCUT2D eigenvalue weighted by Crippen LogP contribution is 2.42. The molecule has 2 aliphatic rings. The van der Waals surface area contributed by atoms with Crippen molar-refractivity contribution >= 4 is 11.0 Å². The highest BCUT2D eigenvalue weighted by molar-refractivity contribution is 5.76. The summed E-state index contributed by atoms with van der Waals surface area (Å²) in [4.78, 5) is 4.85. The summed E-state index contributed by atoms with van der Waals surface area (Å²) in [6, 6.07) is 5.62. The van der Waals surface area contributed by atoms with E-state index in [1.807, 2.05) is 0 Å². The molecule has 4 heteroatoms. The van der Waals surface area contributed by atoms with Gasteiger partial charge in [0.05, 0.1) is 11.0 Å². The van der Waals surface area contributed by atoms with Crippen LogP contribution in [0.15, 0.2) is 18.2 Å². The van der Waals surface area contributed by atoms with Gasteiger partial charge in [-0.05, 0) is 43.9 Å². The number of halogens is 1. The zero-order chi connectivity index (χ0) is 14.4. The second-order valence-corrected chi connectivity index (χ2v) is 6.61. The summed E-state index contributed by atoms with van der Waals surface area (Å²) in [6.07, 6.45) is 8.25. The average Bonchev–Trinajstić information content (AvgIpc) is 3.26. The van der Waals surface area contributed by atoms with Gasteiger partial charge in [0.25, 0.3) is 0 Å². The molecule has 0 bridgehead atoms. The summed E-state index contributed by atoms with van der Waals surface area (Å²) >= 11 is 0. The smallest absolute Gasteiger partial charge is 0.125 e. The monoisotopic (exact) mass is 287 g/mol. The number of hydrogen-bond donors (Lipinski definition) is 1. The van der Waals surface area contributed by atoms with Gasteiger partial charge in [0.2, 0.25) is 0 Å². The Kier molecular flexibility index (Phi) is 3.21. The van der Waals surface area contributed by atoms with Gasteiger partial charge in [-0.25, -0.2) is 9.37 Å². The van der Waals surface area contributed by atoms with Crippen molar-refractivity contribution in [2.75, 3.05) is 0 Å². The number of rotatable bonds is 2. The first-order chi connectivity index (χ1) is 10.2. The van der Waals surface area contributed by atoms with Crippen LogP contribution in [0, 0.1) is 5.82 Å². The number of imidazole rings is 1. The fourth-order valence-corrected chi connectivity index (χ4v) is 3.72. The van der Waals surface area contributed by atoms with Gasteiger partial charge in [0, 0.05) is 18.0 Å². The van der Waals surface area contributed by atoms with Gasteiger partial charge in [0.1, 0.15) is 11.6 Å². The van der Waals surface area contributed by atoms with Crippen LogP contribution in [0.5, 0.6) is 0 Å². The molecule has 4 rings (SSSR count). The average molecular weight is 287 g/mol. The first-order valence-corrected chi connectivity index (χ1v) is 8.17. The SMILES string of the molecule is NC1CCCCCC1c1nc2ccc(F)cc2n1C1CC1. The molecule has 21 heavy (non-hydrogen) atoms. The van der Waals surface area contributed by atoms with Crippen molar-refractivity contribution in [2.24, 2.45) is 5.73 Å². The van der Waals surface area contributed by atoms with Crippen molar-refractivity contribution in [2.45, 2.75) is 62.9 Å². The summed E-state index contributed by atoms with van der Waals surface area (Å²) in [5.41, 5.74) is 8.28. The standard InChI is InChI=1S/C17H22FN3/c18-11-6-9-15-16(10-11)21(12-7-8-12)17(20-15)13-4-2-1-3-5-14(13)19/h6,9-10,12-14H,1-5,7-8,19H2. The molecule has 1 heterocycles. The first-order valence-electron chi connectivity index (χ1n) is 8.17. The highest BCUT2D eigenvalue weighted by Gasteiger charge is 2.33. The van der Waals surface area contributed by atoms with Gasteiger partial charge in [0.15, 0.2) is 0 Å². The van der Waals surface area contributed by atoms with E-state index in [1.54, 1.807) is 12.1 Å². The van der Waals surface area contributed by atoms with Crippen LogP contribution < -0.4 is 5.73 Å². The van der Waals surface area contributed by atoms with Crippen LogP contribution in [0.4, 0.5) is 4.39 Å². The molecule has 0 spiro atoms. The van der Waals surface area contributed by atoms with E-state index < -0.39 is 0 Å². The Morgan fingerprint density at radius 2 is 1.90 bits per heavy atom. The summed E-state index contributed by atoms with van der Waals surface area (Å²) in [7, 11) is 0.